The zero-order valence-electron chi connectivity index (χ0n) is 8.03. The fourth-order valence-corrected chi connectivity index (χ4v) is 1.63. The summed E-state index contributed by atoms with van der Waals surface area (Å²) in [6.07, 6.45) is 2.89. The van der Waals surface area contributed by atoms with Crippen molar-refractivity contribution in [2.45, 2.75) is 6.42 Å². The summed E-state index contributed by atoms with van der Waals surface area (Å²) in [7, 11) is 0. The Bertz CT molecular complexity index is 421. The van der Waals surface area contributed by atoms with Gasteiger partial charge in [-0.3, -0.25) is 0 Å². The van der Waals surface area contributed by atoms with E-state index in [1.165, 1.54) is 16.3 Å². The van der Waals surface area contributed by atoms with E-state index in [0.29, 0.717) is 0 Å². The quantitative estimate of drug-likeness (QED) is 0.619. The van der Waals surface area contributed by atoms with Gasteiger partial charge in [0, 0.05) is 7.43 Å². The number of allylic oxidation sites excluding steroid dienone is 1. The zero-order valence-corrected chi connectivity index (χ0v) is 8.03. The molecule has 0 saturated heterocycles. The molecular weight excluding hydrogens is 168 g/mol. The number of hydrogen-bond acceptors (Lipinski definition) is 0. The van der Waals surface area contributed by atoms with Gasteiger partial charge in [0.05, 0.1) is 0 Å². The number of fused-ring (bicyclic) bond motifs is 1. The summed E-state index contributed by atoms with van der Waals surface area (Å²) in [5, 5.41) is 2.65. The van der Waals surface area contributed by atoms with E-state index in [2.05, 4.69) is 49.0 Å². The first-order valence-electron chi connectivity index (χ1n) is 4.49. The van der Waals surface area contributed by atoms with E-state index >= 15 is 0 Å². The summed E-state index contributed by atoms with van der Waals surface area (Å²) in [6, 6.07) is 14.8. The Kier molecular flexibility index (Phi) is 3.47. The molecule has 0 aliphatic rings. The van der Waals surface area contributed by atoms with Gasteiger partial charge < -0.3 is 0 Å². The Morgan fingerprint density at radius 3 is 2.50 bits per heavy atom. The minimum absolute atomic E-state index is 0. The van der Waals surface area contributed by atoms with Crippen LogP contribution in [-0.4, -0.2) is 0 Å². The van der Waals surface area contributed by atoms with Crippen LogP contribution in [0.5, 0.6) is 0 Å². The second-order valence-corrected chi connectivity index (χ2v) is 3.13. The first kappa shape index (κ1) is 10.5. The smallest absolute Gasteiger partial charge is 0 e. The molecule has 0 N–H and O–H groups in total. The lowest BCUT2D eigenvalue weighted by Crippen LogP contribution is -1.82. The van der Waals surface area contributed by atoms with Gasteiger partial charge in [0.2, 0.25) is 0 Å². The molecule has 2 aromatic carbocycles. The normalized spacial score (nSPS) is 9.43. The van der Waals surface area contributed by atoms with Crippen molar-refractivity contribution in [1.82, 2.24) is 0 Å². The van der Waals surface area contributed by atoms with E-state index in [1.807, 2.05) is 6.08 Å². The Morgan fingerprint density at radius 2 is 1.71 bits per heavy atom. The van der Waals surface area contributed by atoms with Crippen LogP contribution >= 0.6 is 0 Å². The molecule has 68 valence electrons. The molecule has 0 amide bonds. The fourth-order valence-electron chi connectivity index (χ4n) is 1.63. The van der Waals surface area contributed by atoms with Gasteiger partial charge in [-0.1, -0.05) is 48.5 Å². The van der Waals surface area contributed by atoms with Crippen molar-refractivity contribution < 1.29 is 0 Å². The number of rotatable bonds is 2. The van der Waals surface area contributed by atoms with Crippen LogP contribution in [0.2, 0.25) is 0 Å². The molecule has 0 spiro atoms. The van der Waals surface area contributed by atoms with E-state index < -0.39 is 0 Å². The van der Waals surface area contributed by atoms with E-state index in [4.69, 9.17) is 0 Å². The van der Waals surface area contributed by atoms with Crippen LogP contribution in [0.15, 0.2) is 55.1 Å². The van der Waals surface area contributed by atoms with E-state index in [-0.39, 0.29) is 7.43 Å². The maximum atomic E-state index is 3.76. The summed E-state index contributed by atoms with van der Waals surface area (Å²) in [4.78, 5) is 0. The highest BCUT2D eigenvalue weighted by Gasteiger charge is 1.96. The standard InChI is InChI=1S/C13H12.C/c1-2-6-11-8-5-9-12-7-3-4-10-13(11)12;/h2-5,7-10H,1,6H2;. The number of hydrogen-bond donors (Lipinski definition) is 0. The lowest BCUT2D eigenvalue weighted by atomic mass is 10.0. The summed E-state index contributed by atoms with van der Waals surface area (Å²) < 4.78 is 0. The fraction of sp³-hybridized carbons (Fsp3) is 0.0714. The van der Waals surface area contributed by atoms with Gasteiger partial charge in [-0.2, -0.15) is 0 Å². The van der Waals surface area contributed by atoms with Crippen LogP contribution in [0.4, 0.5) is 0 Å². The molecule has 0 bridgehead atoms. The van der Waals surface area contributed by atoms with Crippen molar-refractivity contribution in [1.29, 1.82) is 0 Å². The highest BCUT2D eigenvalue weighted by Crippen LogP contribution is 2.18. The van der Waals surface area contributed by atoms with Crippen molar-refractivity contribution in [3.8, 4) is 0 Å². The molecule has 0 saturated carbocycles. The minimum atomic E-state index is 0. The molecule has 0 aliphatic carbocycles. The molecule has 2 aromatic rings. The van der Waals surface area contributed by atoms with Crippen molar-refractivity contribution in [2.75, 3.05) is 0 Å². The Labute approximate surface area is 85.9 Å². The SMILES string of the molecule is C=CCc1cccc2ccccc12.[C]. The molecule has 0 heterocycles. The van der Waals surface area contributed by atoms with Crippen molar-refractivity contribution in [2.24, 2.45) is 0 Å². The summed E-state index contributed by atoms with van der Waals surface area (Å²) in [6.45, 7) is 3.76. The first-order valence-corrected chi connectivity index (χ1v) is 4.49. The van der Waals surface area contributed by atoms with Gasteiger partial charge >= 0.3 is 0 Å². The predicted octanol–water partition coefficient (Wildman–Crippen LogP) is 3.65. The molecule has 0 nitrogen and oxygen atoms in total. The van der Waals surface area contributed by atoms with E-state index in [1.54, 1.807) is 0 Å². The topological polar surface area (TPSA) is 0 Å². The Balaban J connectivity index is 0.000000980. The minimum Gasteiger partial charge on any atom is -0.103 e. The lowest BCUT2D eigenvalue weighted by molar-refractivity contribution is 1.31. The molecule has 4 radical (unpaired) electrons. The van der Waals surface area contributed by atoms with Gasteiger partial charge in [-0.25, -0.2) is 0 Å². The van der Waals surface area contributed by atoms with Crippen molar-refractivity contribution in [3.63, 3.8) is 0 Å². The third-order valence-electron chi connectivity index (χ3n) is 2.24. The second kappa shape index (κ2) is 4.61. The summed E-state index contributed by atoms with van der Waals surface area (Å²) >= 11 is 0. The molecule has 14 heavy (non-hydrogen) atoms. The van der Waals surface area contributed by atoms with Gasteiger partial charge in [0.15, 0.2) is 0 Å². The highest BCUT2D eigenvalue weighted by atomic mass is 14.0. The second-order valence-electron chi connectivity index (χ2n) is 3.13. The predicted molar refractivity (Wildman–Crippen MR) is 61.1 cm³/mol. The monoisotopic (exact) mass is 180 g/mol. The molecule has 2 rings (SSSR count). The third kappa shape index (κ3) is 1.85. The lowest BCUT2D eigenvalue weighted by Gasteiger charge is -2.02. The van der Waals surface area contributed by atoms with Gasteiger partial charge in [0.25, 0.3) is 0 Å². The Morgan fingerprint density at radius 1 is 1.00 bits per heavy atom. The molecule has 0 unspecified atom stereocenters. The average Bonchev–Trinajstić information content (AvgIpc) is 2.19. The molecule has 0 fully saturated rings. The van der Waals surface area contributed by atoms with Crippen LogP contribution in [0, 0.1) is 7.43 Å². The van der Waals surface area contributed by atoms with Crippen molar-refractivity contribution in [3.05, 3.63) is 68.1 Å². The molecule has 0 heteroatoms. The molecule has 0 aromatic heterocycles. The van der Waals surface area contributed by atoms with E-state index in [9.17, 15) is 0 Å². The number of benzene rings is 2. The maximum absolute atomic E-state index is 3.76. The third-order valence-corrected chi connectivity index (χ3v) is 2.24. The Hall–Kier alpha value is -1.56. The zero-order chi connectivity index (χ0) is 9.10. The molecular formula is C14H12. The van der Waals surface area contributed by atoms with Crippen molar-refractivity contribution >= 4 is 10.8 Å². The molecule has 0 aliphatic heterocycles. The van der Waals surface area contributed by atoms with Gasteiger partial charge in [-0.15, -0.1) is 6.58 Å². The summed E-state index contributed by atoms with van der Waals surface area (Å²) in [5.41, 5.74) is 1.35. The molecule has 0 atom stereocenters. The average molecular weight is 180 g/mol. The van der Waals surface area contributed by atoms with Crippen LogP contribution in [0.25, 0.3) is 10.8 Å². The highest BCUT2D eigenvalue weighted by molar-refractivity contribution is 5.85. The van der Waals surface area contributed by atoms with Gasteiger partial charge in [-0.05, 0) is 22.8 Å². The maximum Gasteiger partial charge on any atom is 0 e. The largest absolute Gasteiger partial charge is 0.103 e. The van der Waals surface area contributed by atoms with Gasteiger partial charge in [0.1, 0.15) is 0 Å². The first-order chi connectivity index (χ1) is 6.42. The summed E-state index contributed by atoms with van der Waals surface area (Å²) in [5.74, 6) is 0. The van der Waals surface area contributed by atoms with Crippen LogP contribution in [-0.2, 0) is 6.42 Å². The van der Waals surface area contributed by atoms with Crippen LogP contribution in [0.3, 0.4) is 0 Å². The van der Waals surface area contributed by atoms with Crippen LogP contribution in [0.1, 0.15) is 5.56 Å². The van der Waals surface area contributed by atoms with E-state index in [0.717, 1.165) is 6.42 Å². The van der Waals surface area contributed by atoms with Crippen LogP contribution < -0.4 is 0 Å².